The molecule has 19 heavy (non-hydrogen) atoms. The zero-order valence-electron chi connectivity index (χ0n) is 12.1. The summed E-state index contributed by atoms with van der Waals surface area (Å²) in [5.74, 6) is 0.230. The van der Waals surface area contributed by atoms with Gasteiger partial charge < -0.3 is 10.6 Å². The van der Waals surface area contributed by atoms with E-state index in [1.165, 1.54) is 11.1 Å². The first-order chi connectivity index (χ1) is 8.97. The van der Waals surface area contributed by atoms with Crippen molar-refractivity contribution in [2.45, 2.75) is 52.1 Å². The van der Waals surface area contributed by atoms with E-state index in [0.717, 1.165) is 24.9 Å². The number of nitrogens with zero attached hydrogens (tertiary/aromatic N) is 1. The highest BCUT2D eigenvalue weighted by Gasteiger charge is 2.26. The average Bonchev–Trinajstić information content (AvgIpc) is 2.33. The Kier molecular flexibility index (Phi) is 4.25. The number of hydrogen-bond acceptors (Lipinski definition) is 2. The fraction of sp³-hybridized carbons (Fsp3) is 0.562. The van der Waals surface area contributed by atoms with Crippen LogP contribution in [0.5, 0.6) is 0 Å². The van der Waals surface area contributed by atoms with Crippen LogP contribution in [-0.2, 0) is 11.2 Å². The molecule has 0 radical (unpaired) electrons. The van der Waals surface area contributed by atoms with E-state index in [-0.39, 0.29) is 18.0 Å². The second kappa shape index (κ2) is 5.74. The van der Waals surface area contributed by atoms with Crippen molar-refractivity contribution < 1.29 is 4.79 Å². The molecule has 3 heteroatoms. The van der Waals surface area contributed by atoms with Gasteiger partial charge in [-0.1, -0.05) is 23.8 Å². The van der Waals surface area contributed by atoms with Gasteiger partial charge in [-0.05, 0) is 44.7 Å². The summed E-state index contributed by atoms with van der Waals surface area (Å²) in [4.78, 5) is 14.4. The van der Waals surface area contributed by atoms with Gasteiger partial charge in [0.15, 0.2) is 0 Å². The SMILES string of the molecule is Cc1ccc(C)c(CC(=O)N2CC[C@@H](N)C[C@@H]2C)c1. The molecule has 1 saturated heterocycles. The summed E-state index contributed by atoms with van der Waals surface area (Å²) in [6.45, 7) is 7.03. The Balaban J connectivity index is 2.06. The molecule has 0 unspecified atom stereocenters. The molecular formula is C16H24N2O. The van der Waals surface area contributed by atoms with Crippen LogP contribution < -0.4 is 5.73 Å². The number of amides is 1. The molecule has 0 spiro atoms. The fourth-order valence-electron chi connectivity index (χ4n) is 2.83. The Bertz CT molecular complexity index is 470. The van der Waals surface area contributed by atoms with Crippen molar-refractivity contribution in [3.63, 3.8) is 0 Å². The van der Waals surface area contributed by atoms with Crippen molar-refractivity contribution >= 4 is 5.91 Å². The molecule has 1 fully saturated rings. The highest BCUT2D eigenvalue weighted by molar-refractivity contribution is 5.79. The maximum Gasteiger partial charge on any atom is 0.227 e. The van der Waals surface area contributed by atoms with Crippen molar-refractivity contribution in [3.05, 3.63) is 34.9 Å². The highest BCUT2D eigenvalue weighted by Crippen LogP contribution is 2.19. The third-order valence-electron chi connectivity index (χ3n) is 4.08. The van der Waals surface area contributed by atoms with Gasteiger partial charge in [0.25, 0.3) is 0 Å². The monoisotopic (exact) mass is 260 g/mol. The summed E-state index contributed by atoms with van der Waals surface area (Å²) in [6.07, 6.45) is 2.34. The van der Waals surface area contributed by atoms with Crippen LogP contribution in [0.1, 0.15) is 36.5 Å². The van der Waals surface area contributed by atoms with E-state index in [4.69, 9.17) is 5.73 Å². The number of benzene rings is 1. The van der Waals surface area contributed by atoms with Gasteiger partial charge in [-0.2, -0.15) is 0 Å². The van der Waals surface area contributed by atoms with Gasteiger partial charge in [-0.25, -0.2) is 0 Å². The van der Waals surface area contributed by atoms with E-state index < -0.39 is 0 Å². The van der Waals surface area contributed by atoms with Gasteiger partial charge in [0, 0.05) is 18.6 Å². The van der Waals surface area contributed by atoms with Crippen molar-refractivity contribution in [2.24, 2.45) is 5.73 Å². The lowest BCUT2D eigenvalue weighted by molar-refractivity contribution is -0.133. The predicted octanol–water partition coefficient (Wildman–Crippen LogP) is 2.18. The van der Waals surface area contributed by atoms with Crippen molar-refractivity contribution in [1.29, 1.82) is 0 Å². The summed E-state index contributed by atoms with van der Waals surface area (Å²) in [5, 5.41) is 0. The number of carbonyl (C=O) groups is 1. The molecule has 0 saturated carbocycles. The van der Waals surface area contributed by atoms with E-state index in [9.17, 15) is 4.79 Å². The Hall–Kier alpha value is -1.35. The van der Waals surface area contributed by atoms with Crippen LogP contribution in [0.4, 0.5) is 0 Å². The zero-order valence-corrected chi connectivity index (χ0v) is 12.1. The van der Waals surface area contributed by atoms with Crippen LogP contribution >= 0.6 is 0 Å². The first kappa shape index (κ1) is 14.1. The van der Waals surface area contributed by atoms with Crippen LogP contribution in [-0.4, -0.2) is 29.4 Å². The Morgan fingerprint density at radius 3 is 2.84 bits per heavy atom. The standard InChI is InChI=1S/C16H24N2O/c1-11-4-5-12(2)14(8-11)10-16(19)18-7-6-15(17)9-13(18)3/h4-5,8,13,15H,6-7,9-10,17H2,1-3H3/t13-,15+/m0/s1. The molecule has 1 aliphatic heterocycles. The summed E-state index contributed by atoms with van der Waals surface area (Å²) in [5.41, 5.74) is 9.50. The quantitative estimate of drug-likeness (QED) is 0.886. The number of piperidine rings is 1. The van der Waals surface area contributed by atoms with Crippen molar-refractivity contribution in [3.8, 4) is 0 Å². The molecule has 3 nitrogen and oxygen atoms in total. The minimum absolute atomic E-state index is 0.230. The minimum Gasteiger partial charge on any atom is -0.340 e. The molecule has 1 amide bonds. The van der Waals surface area contributed by atoms with Crippen LogP contribution in [0.25, 0.3) is 0 Å². The van der Waals surface area contributed by atoms with Crippen molar-refractivity contribution in [1.82, 2.24) is 4.90 Å². The molecule has 1 aromatic rings. The lowest BCUT2D eigenvalue weighted by Gasteiger charge is -2.36. The number of rotatable bonds is 2. The van der Waals surface area contributed by atoms with E-state index in [0.29, 0.717) is 6.42 Å². The maximum atomic E-state index is 12.4. The number of likely N-dealkylation sites (tertiary alicyclic amines) is 1. The first-order valence-corrected chi connectivity index (χ1v) is 7.08. The van der Waals surface area contributed by atoms with E-state index in [1.807, 2.05) is 4.90 Å². The largest absolute Gasteiger partial charge is 0.340 e. The summed E-state index contributed by atoms with van der Waals surface area (Å²) in [6, 6.07) is 6.81. The van der Waals surface area contributed by atoms with Crippen LogP contribution in [0.2, 0.25) is 0 Å². The Labute approximate surface area is 115 Å². The molecule has 0 aromatic heterocycles. The molecule has 2 rings (SSSR count). The molecule has 2 atom stereocenters. The molecule has 0 bridgehead atoms. The van der Waals surface area contributed by atoms with Gasteiger partial charge in [-0.3, -0.25) is 4.79 Å². The Morgan fingerprint density at radius 2 is 2.16 bits per heavy atom. The van der Waals surface area contributed by atoms with Gasteiger partial charge >= 0.3 is 0 Å². The molecule has 1 heterocycles. The molecule has 0 aliphatic carbocycles. The first-order valence-electron chi connectivity index (χ1n) is 7.08. The molecule has 2 N–H and O–H groups in total. The lowest BCUT2D eigenvalue weighted by Crippen LogP contribution is -2.48. The van der Waals surface area contributed by atoms with E-state index in [1.54, 1.807) is 0 Å². The predicted molar refractivity (Wildman–Crippen MR) is 78.0 cm³/mol. The topological polar surface area (TPSA) is 46.3 Å². The van der Waals surface area contributed by atoms with Crippen LogP contribution in [0.3, 0.4) is 0 Å². The summed E-state index contributed by atoms with van der Waals surface area (Å²) in [7, 11) is 0. The van der Waals surface area contributed by atoms with E-state index in [2.05, 4.69) is 39.0 Å². The highest BCUT2D eigenvalue weighted by atomic mass is 16.2. The molecule has 104 valence electrons. The maximum absolute atomic E-state index is 12.4. The number of aryl methyl sites for hydroxylation is 2. The second-order valence-corrected chi connectivity index (χ2v) is 5.83. The van der Waals surface area contributed by atoms with Gasteiger partial charge in [-0.15, -0.1) is 0 Å². The van der Waals surface area contributed by atoms with E-state index >= 15 is 0 Å². The Morgan fingerprint density at radius 1 is 1.42 bits per heavy atom. The summed E-state index contributed by atoms with van der Waals surface area (Å²) < 4.78 is 0. The zero-order chi connectivity index (χ0) is 14.0. The molecule has 1 aliphatic rings. The van der Waals surface area contributed by atoms with Crippen LogP contribution in [0.15, 0.2) is 18.2 Å². The van der Waals surface area contributed by atoms with Gasteiger partial charge in [0.2, 0.25) is 5.91 Å². The normalized spacial score (nSPS) is 23.5. The average molecular weight is 260 g/mol. The fourth-order valence-corrected chi connectivity index (χ4v) is 2.83. The number of nitrogens with two attached hydrogens (primary N) is 1. The summed E-state index contributed by atoms with van der Waals surface area (Å²) >= 11 is 0. The third-order valence-corrected chi connectivity index (χ3v) is 4.08. The minimum atomic E-state index is 0.230. The third kappa shape index (κ3) is 3.35. The van der Waals surface area contributed by atoms with Gasteiger partial charge in [0.1, 0.15) is 0 Å². The molecule has 1 aromatic carbocycles. The van der Waals surface area contributed by atoms with Crippen molar-refractivity contribution in [2.75, 3.05) is 6.54 Å². The van der Waals surface area contributed by atoms with Gasteiger partial charge in [0.05, 0.1) is 6.42 Å². The van der Waals surface area contributed by atoms with Crippen LogP contribution in [0, 0.1) is 13.8 Å². The lowest BCUT2D eigenvalue weighted by atomic mass is 9.97. The second-order valence-electron chi connectivity index (χ2n) is 5.83. The molecular weight excluding hydrogens is 236 g/mol. The smallest absolute Gasteiger partial charge is 0.227 e. The number of hydrogen-bond donors (Lipinski definition) is 1. The number of carbonyl (C=O) groups excluding carboxylic acids is 1.